The van der Waals surface area contributed by atoms with Crippen LogP contribution in [0.3, 0.4) is 0 Å². The molecule has 2 aromatic heterocycles. The number of ether oxygens (including phenoxy) is 1. The van der Waals surface area contributed by atoms with Gasteiger partial charge in [-0.15, -0.1) is 0 Å². The van der Waals surface area contributed by atoms with Crippen molar-refractivity contribution in [2.24, 2.45) is 0 Å². The van der Waals surface area contributed by atoms with Crippen molar-refractivity contribution in [3.63, 3.8) is 0 Å². The number of methoxy groups -OCH3 is 1. The van der Waals surface area contributed by atoms with E-state index < -0.39 is 5.97 Å². The second kappa shape index (κ2) is 5.42. The van der Waals surface area contributed by atoms with Gasteiger partial charge in [0.25, 0.3) is 0 Å². The highest BCUT2D eigenvalue weighted by Gasteiger charge is 2.11. The van der Waals surface area contributed by atoms with Crippen molar-refractivity contribution >= 4 is 11.8 Å². The predicted molar refractivity (Wildman–Crippen MR) is 64.5 cm³/mol. The lowest BCUT2D eigenvalue weighted by atomic mass is 10.4. The summed E-state index contributed by atoms with van der Waals surface area (Å²) < 4.78 is 9.43. The van der Waals surface area contributed by atoms with Gasteiger partial charge in [-0.3, -0.25) is 0 Å². The molecule has 0 atom stereocenters. The molecule has 19 heavy (non-hydrogen) atoms. The monoisotopic (exact) mass is 263 g/mol. The molecule has 0 aliphatic heterocycles. The average molecular weight is 263 g/mol. The summed E-state index contributed by atoms with van der Waals surface area (Å²) >= 11 is 0. The summed E-state index contributed by atoms with van der Waals surface area (Å²) in [7, 11) is 1.28. The Kier molecular flexibility index (Phi) is 3.69. The maximum absolute atomic E-state index is 11.4. The highest BCUT2D eigenvalue weighted by molar-refractivity contribution is 5.85. The summed E-state index contributed by atoms with van der Waals surface area (Å²) in [4.78, 5) is 23.5. The fourth-order valence-corrected chi connectivity index (χ4v) is 1.42. The zero-order valence-corrected chi connectivity index (χ0v) is 10.8. The van der Waals surface area contributed by atoms with Crippen LogP contribution in [0.25, 0.3) is 0 Å². The molecule has 0 bridgehead atoms. The minimum absolute atomic E-state index is 0.00860. The van der Waals surface area contributed by atoms with Gasteiger partial charge < -0.3 is 14.6 Å². The molecule has 0 unspecified atom stereocenters. The van der Waals surface area contributed by atoms with Gasteiger partial charge in [-0.05, 0) is 6.92 Å². The third kappa shape index (κ3) is 3.24. The Hall–Kier alpha value is -2.51. The highest BCUT2D eigenvalue weighted by atomic mass is 16.5. The molecule has 100 valence electrons. The number of nitrogens with one attached hydrogen (secondary N) is 1. The Morgan fingerprint density at radius 3 is 2.79 bits per heavy atom. The fourth-order valence-electron chi connectivity index (χ4n) is 1.42. The number of hydrogen-bond donors (Lipinski definition) is 1. The largest absolute Gasteiger partial charge is 0.463 e. The number of anilines is 1. The number of carbonyl (C=O) groups is 1. The molecule has 0 radical (unpaired) electrons. The maximum Gasteiger partial charge on any atom is 0.376 e. The molecule has 0 saturated carbocycles. The lowest BCUT2D eigenvalue weighted by molar-refractivity contribution is 0.0586. The van der Waals surface area contributed by atoms with Crippen molar-refractivity contribution in [3.05, 3.63) is 29.3 Å². The first-order chi connectivity index (χ1) is 9.08. The van der Waals surface area contributed by atoms with E-state index >= 15 is 0 Å². The fraction of sp³-hybridized carbons (Fsp3) is 0.364. The minimum Gasteiger partial charge on any atom is -0.463 e. The first kappa shape index (κ1) is 12.9. The van der Waals surface area contributed by atoms with Gasteiger partial charge in [-0.25, -0.2) is 14.8 Å². The Labute approximate surface area is 109 Å². The van der Waals surface area contributed by atoms with E-state index in [0.29, 0.717) is 29.8 Å². The summed E-state index contributed by atoms with van der Waals surface area (Å²) in [5.41, 5.74) is 0.655. The molecule has 2 heterocycles. The van der Waals surface area contributed by atoms with Gasteiger partial charge in [0.1, 0.15) is 5.82 Å². The van der Waals surface area contributed by atoms with Crippen LogP contribution in [0.4, 0.5) is 5.82 Å². The van der Waals surface area contributed by atoms with Crippen molar-refractivity contribution in [3.8, 4) is 0 Å². The summed E-state index contributed by atoms with van der Waals surface area (Å²) in [5.74, 6) is 0.922. The van der Waals surface area contributed by atoms with Crippen molar-refractivity contribution in [1.29, 1.82) is 0 Å². The number of esters is 1. The molecular weight excluding hydrogens is 250 g/mol. The summed E-state index contributed by atoms with van der Waals surface area (Å²) in [6.07, 6.45) is 0. The van der Waals surface area contributed by atoms with Crippen LogP contribution < -0.4 is 5.32 Å². The third-order valence-corrected chi connectivity index (χ3v) is 2.22. The maximum atomic E-state index is 11.4. The van der Waals surface area contributed by atoms with E-state index in [4.69, 9.17) is 4.52 Å². The van der Waals surface area contributed by atoms with E-state index in [9.17, 15) is 4.79 Å². The first-order valence-electron chi connectivity index (χ1n) is 5.55. The standard InChI is InChI=1S/C11H13N5O3/c1-6-4-8(15-10(13-6)11(17)18-3)12-5-9-14-7(2)19-16-9/h4H,5H2,1-3H3,(H,12,13,15). The zero-order valence-electron chi connectivity index (χ0n) is 10.8. The SMILES string of the molecule is COC(=O)c1nc(C)cc(NCc2noc(C)n2)n1. The molecule has 2 rings (SSSR count). The van der Waals surface area contributed by atoms with Crippen LogP contribution in [0.5, 0.6) is 0 Å². The topological polar surface area (TPSA) is 103 Å². The molecule has 1 N–H and O–H groups in total. The van der Waals surface area contributed by atoms with E-state index in [1.54, 1.807) is 19.9 Å². The Morgan fingerprint density at radius 1 is 1.37 bits per heavy atom. The van der Waals surface area contributed by atoms with E-state index in [2.05, 4.69) is 30.2 Å². The van der Waals surface area contributed by atoms with Gasteiger partial charge in [0.2, 0.25) is 11.7 Å². The molecule has 0 fully saturated rings. The molecule has 0 spiro atoms. The van der Waals surface area contributed by atoms with Crippen LogP contribution >= 0.6 is 0 Å². The predicted octanol–water partition coefficient (Wildman–Crippen LogP) is 0.875. The molecule has 0 aromatic carbocycles. The Bertz CT molecular complexity index is 596. The quantitative estimate of drug-likeness (QED) is 0.810. The number of aryl methyl sites for hydroxylation is 2. The molecule has 8 heteroatoms. The van der Waals surface area contributed by atoms with Gasteiger partial charge in [0.15, 0.2) is 5.82 Å². The lowest BCUT2D eigenvalue weighted by Crippen LogP contribution is -2.11. The van der Waals surface area contributed by atoms with Crippen molar-refractivity contribution in [1.82, 2.24) is 20.1 Å². The Morgan fingerprint density at radius 2 is 2.16 bits per heavy atom. The van der Waals surface area contributed by atoms with Crippen molar-refractivity contribution < 1.29 is 14.1 Å². The molecule has 0 amide bonds. The summed E-state index contributed by atoms with van der Waals surface area (Å²) in [6.45, 7) is 3.81. The number of nitrogens with zero attached hydrogens (tertiary/aromatic N) is 4. The number of hydrogen-bond acceptors (Lipinski definition) is 8. The lowest BCUT2D eigenvalue weighted by Gasteiger charge is -2.05. The van der Waals surface area contributed by atoms with Crippen molar-refractivity contribution in [2.45, 2.75) is 20.4 Å². The van der Waals surface area contributed by atoms with E-state index in [0.717, 1.165) is 0 Å². The van der Waals surface area contributed by atoms with Gasteiger partial charge in [0.05, 0.1) is 13.7 Å². The van der Waals surface area contributed by atoms with Crippen molar-refractivity contribution in [2.75, 3.05) is 12.4 Å². The van der Waals surface area contributed by atoms with E-state index in [1.807, 2.05) is 0 Å². The molecule has 8 nitrogen and oxygen atoms in total. The van der Waals surface area contributed by atoms with Gasteiger partial charge in [0, 0.05) is 18.7 Å². The normalized spacial score (nSPS) is 10.3. The third-order valence-electron chi connectivity index (χ3n) is 2.22. The van der Waals surface area contributed by atoms with Crippen LogP contribution in [0.15, 0.2) is 10.6 Å². The highest BCUT2D eigenvalue weighted by Crippen LogP contribution is 2.08. The van der Waals surface area contributed by atoms with Crippen LogP contribution in [-0.2, 0) is 11.3 Å². The molecule has 0 saturated heterocycles. The van der Waals surface area contributed by atoms with Gasteiger partial charge in [-0.1, -0.05) is 5.16 Å². The minimum atomic E-state index is -0.581. The van der Waals surface area contributed by atoms with E-state index in [-0.39, 0.29) is 5.82 Å². The molecular formula is C11H13N5O3. The molecule has 0 aliphatic rings. The smallest absolute Gasteiger partial charge is 0.376 e. The number of carbonyl (C=O) groups excluding carboxylic acids is 1. The molecule has 2 aromatic rings. The van der Waals surface area contributed by atoms with Gasteiger partial charge >= 0.3 is 5.97 Å². The molecule has 0 aliphatic carbocycles. The van der Waals surface area contributed by atoms with Crippen LogP contribution in [-0.4, -0.2) is 33.2 Å². The summed E-state index contributed by atoms with van der Waals surface area (Å²) in [6, 6.07) is 1.71. The number of aromatic nitrogens is 4. The van der Waals surface area contributed by atoms with Gasteiger partial charge in [-0.2, -0.15) is 4.98 Å². The summed E-state index contributed by atoms with van der Waals surface area (Å²) in [5, 5.41) is 6.73. The zero-order chi connectivity index (χ0) is 13.8. The van der Waals surface area contributed by atoms with Crippen LogP contribution in [0.2, 0.25) is 0 Å². The second-order valence-electron chi connectivity index (χ2n) is 3.79. The second-order valence-corrected chi connectivity index (χ2v) is 3.79. The average Bonchev–Trinajstić information content (AvgIpc) is 2.80. The Balaban J connectivity index is 2.11. The van der Waals surface area contributed by atoms with Crippen LogP contribution in [0.1, 0.15) is 28.0 Å². The van der Waals surface area contributed by atoms with E-state index in [1.165, 1.54) is 7.11 Å². The van der Waals surface area contributed by atoms with Crippen LogP contribution in [0, 0.1) is 13.8 Å². The first-order valence-corrected chi connectivity index (χ1v) is 5.55. The number of rotatable bonds is 4.